The normalized spacial score (nSPS) is 19.9. The Bertz CT molecular complexity index is 424. The highest BCUT2D eigenvalue weighted by molar-refractivity contribution is 6.30. The van der Waals surface area contributed by atoms with Crippen molar-refractivity contribution in [3.05, 3.63) is 34.9 Å². The minimum absolute atomic E-state index is 0.223. The lowest BCUT2D eigenvalue weighted by Crippen LogP contribution is -2.35. The van der Waals surface area contributed by atoms with Crippen LogP contribution in [0.25, 0.3) is 0 Å². The molecule has 0 saturated carbocycles. The van der Waals surface area contributed by atoms with Gasteiger partial charge in [0, 0.05) is 22.8 Å². The van der Waals surface area contributed by atoms with Crippen molar-refractivity contribution in [3.63, 3.8) is 0 Å². The monoisotopic (exact) mass is 265 g/mol. The predicted octanol–water partition coefficient (Wildman–Crippen LogP) is 2.20. The molecule has 0 spiro atoms. The van der Waals surface area contributed by atoms with Crippen molar-refractivity contribution >= 4 is 23.7 Å². The highest BCUT2D eigenvalue weighted by atomic mass is 35.5. The summed E-state index contributed by atoms with van der Waals surface area (Å²) in [5, 5.41) is 7.91. The first-order valence-corrected chi connectivity index (χ1v) is 6.46. The first-order valence-electron chi connectivity index (χ1n) is 6.08. The molecule has 1 aromatic rings. The molecular weight excluding hydrogens is 250 g/mol. The van der Waals surface area contributed by atoms with Crippen LogP contribution in [0.15, 0.2) is 29.4 Å². The molecule has 96 valence electrons. The van der Waals surface area contributed by atoms with Gasteiger partial charge in [0.05, 0.1) is 0 Å². The molecule has 1 unspecified atom stereocenters. The maximum absolute atomic E-state index is 11.7. The number of carbonyl (C=O) groups is 1. The van der Waals surface area contributed by atoms with E-state index in [1.807, 2.05) is 0 Å². The molecule has 1 aromatic carbocycles. The Labute approximate surface area is 111 Å². The summed E-state index contributed by atoms with van der Waals surface area (Å²) in [5.41, 5.74) is 3.06. The van der Waals surface area contributed by atoms with Crippen molar-refractivity contribution in [1.82, 2.24) is 10.7 Å². The third-order valence-electron chi connectivity index (χ3n) is 2.88. The average molecular weight is 266 g/mol. The van der Waals surface area contributed by atoms with E-state index in [1.165, 1.54) is 12.8 Å². The van der Waals surface area contributed by atoms with Crippen molar-refractivity contribution in [2.45, 2.75) is 25.3 Å². The number of piperidine rings is 1. The molecule has 0 radical (unpaired) electrons. The van der Waals surface area contributed by atoms with Gasteiger partial charge in [0.15, 0.2) is 0 Å². The molecule has 1 atom stereocenters. The molecule has 1 aliphatic heterocycles. The van der Waals surface area contributed by atoms with Gasteiger partial charge in [-0.3, -0.25) is 4.79 Å². The summed E-state index contributed by atoms with van der Waals surface area (Å²) in [7, 11) is 0. The van der Waals surface area contributed by atoms with E-state index < -0.39 is 0 Å². The average Bonchev–Trinajstić information content (AvgIpc) is 2.40. The van der Waals surface area contributed by atoms with Gasteiger partial charge in [0.1, 0.15) is 0 Å². The Kier molecular flexibility index (Phi) is 4.73. The van der Waals surface area contributed by atoms with Crippen LogP contribution in [0.1, 0.15) is 29.6 Å². The van der Waals surface area contributed by atoms with Crippen LogP contribution in [0.5, 0.6) is 0 Å². The van der Waals surface area contributed by atoms with Crippen molar-refractivity contribution in [3.8, 4) is 0 Å². The lowest BCUT2D eigenvalue weighted by molar-refractivity contribution is 0.0955. The third-order valence-corrected chi connectivity index (χ3v) is 3.13. The van der Waals surface area contributed by atoms with E-state index in [9.17, 15) is 4.79 Å². The fourth-order valence-electron chi connectivity index (χ4n) is 1.86. The number of nitrogens with zero attached hydrogens (tertiary/aromatic N) is 1. The van der Waals surface area contributed by atoms with Gasteiger partial charge in [-0.05, 0) is 43.7 Å². The summed E-state index contributed by atoms with van der Waals surface area (Å²) < 4.78 is 0. The van der Waals surface area contributed by atoms with Crippen molar-refractivity contribution < 1.29 is 4.79 Å². The van der Waals surface area contributed by atoms with E-state index in [2.05, 4.69) is 15.8 Å². The highest BCUT2D eigenvalue weighted by Crippen LogP contribution is 2.09. The molecular formula is C13H16ClN3O. The SMILES string of the molecule is O=C(N/N=C/C1CCCCN1)c1ccc(Cl)cc1. The molecule has 0 bridgehead atoms. The maximum atomic E-state index is 11.7. The van der Waals surface area contributed by atoms with Gasteiger partial charge in [0.2, 0.25) is 0 Å². The maximum Gasteiger partial charge on any atom is 0.271 e. The number of nitrogens with one attached hydrogen (secondary N) is 2. The van der Waals surface area contributed by atoms with Crippen molar-refractivity contribution in [2.75, 3.05) is 6.54 Å². The van der Waals surface area contributed by atoms with E-state index >= 15 is 0 Å². The number of amides is 1. The first-order chi connectivity index (χ1) is 8.75. The number of hydrogen-bond donors (Lipinski definition) is 2. The molecule has 2 N–H and O–H groups in total. The molecule has 18 heavy (non-hydrogen) atoms. The standard InChI is InChI=1S/C13H16ClN3O/c14-11-6-4-10(5-7-11)13(18)17-16-9-12-3-1-2-8-15-12/h4-7,9,12,15H,1-3,8H2,(H,17,18)/b16-9+. The minimum atomic E-state index is -0.223. The molecule has 1 fully saturated rings. The summed E-state index contributed by atoms with van der Waals surface area (Å²) in [6.45, 7) is 1.02. The van der Waals surface area contributed by atoms with Crippen LogP contribution < -0.4 is 10.7 Å². The van der Waals surface area contributed by atoms with Crippen LogP contribution in [0.2, 0.25) is 5.02 Å². The van der Waals surface area contributed by atoms with Gasteiger partial charge in [0.25, 0.3) is 5.91 Å². The van der Waals surface area contributed by atoms with Crippen LogP contribution in [0, 0.1) is 0 Å². The Balaban J connectivity index is 1.83. The molecule has 1 saturated heterocycles. The molecule has 0 aliphatic carbocycles. The predicted molar refractivity (Wildman–Crippen MR) is 73.1 cm³/mol. The van der Waals surface area contributed by atoms with Gasteiger partial charge in [-0.25, -0.2) is 5.43 Å². The molecule has 0 aromatic heterocycles. The Morgan fingerprint density at radius 3 is 2.83 bits per heavy atom. The van der Waals surface area contributed by atoms with Gasteiger partial charge in [-0.1, -0.05) is 18.0 Å². The topological polar surface area (TPSA) is 53.5 Å². The van der Waals surface area contributed by atoms with Crippen molar-refractivity contribution in [2.24, 2.45) is 5.10 Å². The summed E-state index contributed by atoms with van der Waals surface area (Å²) >= 11 is 5.75. The fraction of sp³-hybridized carbons (Fsp3) is 0.385. The molecule has 5 heteroatoms. The highest BCUT2D eigenvalue weighted by Gasteiger charge is 2.09. The van der Waals surface area contributed by atoms with E-state index in [0.717, 1.165) is 13.0 Å². The lowest BCUT2D eigenvalue weighted by atomic mass is 10.1. The van der Waals surface area contributed by atoms with Crippen LogP contribution in [0.4, 0.5) is 0 Å². The number of benzene rings is 1. The summed E-state index contributed by atoms with van der Waals surface area (Å²) in [5.74, 6) is -0.223. The Morgan fingerprint density at radius 1 is 1.39 bits per heavy atom. The quantitative estimate of drug-likeness (QED) is 0.650. The number of carbonyl (C=O) groups excluding carboxylic acids is 1. The molecule has 2 rings (SSSR count). The van der Waals surface area contributed by atoms with Gasteiger partial charge < -0.3 is 5.32 Å². The van der Waals surface area contributed by atoms with Crippen LogP contribution in [-0.4, -0.2) is 24.7 Å². The van der Waals surface area contributed by atoms with Crippen LogP contribution in [0.3, 0.4) is 0 Å². The van der Waals surface area contributed by atoms with E-state index in [4.69, 9.17) is 11.6 Å². The second kappa shape index (κ2) is 6.52. The Hall–Kier alpha value is -1.39. The zero-order valence-corrected chi connectivity index (χ0v) is 10.8. The number of rotatable bonds is 3. The minimum Gasteiger partial charge on any atom is -0.309 e. The molecule has 1 amide bonds. The van der Waals surface area contributed by atoms with Crippen LogP contribution >= 0.6 is 11.6 Å². The first kappa shape index (κ1) is 13.1. The Morgan fingerprint density at radius 2 is 2.17 bits per heavy atom. The third kappa shape index (κ3) is 3.82. The number of hydrazone groups is 1. The van der Waals surface area contributed by atoms with Gasteiger partial charge >= 0.3 is 0 Å². The zero-order valence-electron chi connectivity index (χ0n) is 10.0. The van der Waals surface area contributed by atoms with Gasteiger partial charge in [-0.2, -0.15) is 5.10 Å². The largest absolute Gasteiger partial charge is 0.309 e. The van der Waals surface area contributed by atoms with Crippen LogP contribution in [-0.2, 0) is 0 Å². The summed E-state index contributed by atoms with van der Waals surface area (Å²) in [6.07, 6.45) is 5.24. The summed E-state index contributed by atoms with van der Waals surface area (Å²) in [6, 6.07) is 6.98. The van der Waals surface area contributed by atoms with E-state index in [-0.39, 0.29) is 11.9 Å². The van der Waals surface area contributed by atoms with Gasteiger partial charge in [-0.15, -0.1) is 0 Å². The smallest absolute Gasteiger partial charge is 0.271 e. The zero-order chi connectivity index (χ0) is 12.8. The fourth-order valence-corrected chi connectivity index (χ4v) is 1.98. The molecule has 1 aliphatic rings. The molecule has 4 nitrogen and oxygen atoms in total. The van der Waals surface area contributed by atoms with E-state index in [0.29, 0.717) is 10.6 Å². The second-order valence-corrected chi connectivity index (χ2v) is 4.72. The number of hydrogen-bond acceptors (Lipinski definition) is 3. The van der Waals surface area contributed by atoms with E-state index in [1.54, 1.807) is 30.5 Å². The summed E-state index contributed by atoms with van der Waals surface area (Å²) in [4.78, 5) is 11.7. The van der Waals surface area contributed by atoms with Crippen molar-refractivity contribution in [1.29, 1.82) is 0 Å². The number of halogens is 1. The lowest BCUT2D eigenvalue weighted by Gasteiger charge is -2.19. The molecule has 1 heterocycles. The second-order valence-electron chi connectivity index (χ2n) is 4.28.